The van der Waals surface area contributed by atoms with Gasteiger partial charge in [-0.3, -0.25) is 4.79 Å². The molecule has 7 heteroatoms. The summed E-state index contributed by atoms with van der Waals surface area (Å²) in [5.74, 6) is -0.463. The van der Waals surface area contributed by atoms with Crippen LogP contribution in [0.25, 0.3) is 0 Å². The van der Waals surface area contributed by atoms with Crippen LogP contribution in [0.3, 0.4) is 0 Å². The number of phenolic OH excluding ortho intramolecular Hbond substituents is 1. The fourth-order valence-corrected chi connectivity index (χ4v) is 3.84. The summed E-state index contributed by atoms with van der Waals surface area (Å²) >= 11 is 1.15. The summed E-state index contributed by atoms with van der Waals surface area (Å²) in [6, 6.07) is 9.80. The van der Waals surface area contributed by atoms with Crippen molar-refractivity contribution in [3.63, 3.8) is 0 Å². The lowest BCUT2D eigenvalue weighted by Crippen LogP contribution is -2.27. The molecule has 0 aliphatic heterocycles. The maximum Gasteiger partial charge on any atom is 0.227 e. The highest BCUT2D eigenvalue weighted by Crippen LogP contribution is 2.22. The van der Waals surface area contributed by atoms with Gasteiger partial charge in [-0.25, -0.2) is 8.42 Å². The number of carbonyl (C=O) groups excluding carboxylic acids is 1. The van der Waals surface area contributed by atoms with Gasteiger partial charge < -0.3 is 10.4 Å². The number of hydrogen-bond acceptors (Lipinski definition) is 5. The highest BCUT2D eigenvalue weighted by molar-refractivity contribution is 7.92. The summed E-state index contributed by atoms with van der Waals surface area (Å²) < 4.78 is 23.1. The smallest absolute Gasteiger partial charge is 0.227 e. The van der Waals surface area contributed by atoms with Crippen molar-refractivity contribution in [2.24, 2.45) is 0 Å². The van der Waals surface area contributed by atoms with E-state index in [-0.39, 0.29) is 22.4 Å². The number of rotatable bonds is 5. The maximum absolute atomic E-state index is 12.1. The van der Waals surface area contributed by atoms with Crippen molar-refractivity contribution >= 4 is 27.1 Å². The number of sulfone groups is 1. The van der Waals surface area contributed by atoms with E-state index in [1.165, 1.54) is 0 Å². The van der Waals surface area contributed by atoms with Crippen LogP contribution in [0.5, 0.6) is 5.75 Å². The van der Waals surface area contributed by atoms with E-state index in [9.17, 15) is 18.3 Å². The zero-order valence-electron chi connectivity index (χ0n) is 12.2. The third-order valence-electron chi connectivity index (χ3n) is 3.20. The molecule has 1 heterocycles. The second-order valence-corrected chi connectivity index (χ2v) is 8.44. The quantitative estimate of drug-likeness (QED) is 0.875. The van der Waals surface area contributed by atoms with E-state index in [1.807, 2.05) is 0 Å². The fourth-order valence-electron chi connectivity index (χ4n) is 1.93. The molecule has 1 aromatic heterocycles. The fraction of sp³-hybridized carbons (Fsp3) is 0.267. The molecule has 0 bridgehead atoms. The second kappa shape index (κ2) is 6.50. The molecule has 0 saturated heterocycles. The molecule has 2 N–H and O–H groups in total. The summed E-state index contributed by atoms with van der Waals surface area (Å²) in [5.41, 5.74) is 0.723. The van der Waals surface area contributed by atoms with E-state index >= 15 is 0 Å². The highest BCUT2D eigenvalue weighted by atomic mass is 32.2. The Morgan fingerprint density at radius 2 is 2.05 bits per heavy atom. The van der Waals surface area contributed by atoms with E-state index in [1.54, 1.807) is 43.3 Å². The molecule has 22 heavy (non-hydrogen) atoms. The molecule has 1 aromatic carbocycles. The van der Waals surface area contributed by atoms with Crippen molar-refractivity contribution in [1.82, 2.24) is 5.32 Å². The van der Waals surface area contributed by atoms with Crippen molar-refractivity contribution in [3.8, 4) is 5.75 Å². The molecular formula is C15H17NO4S2. The summed E-state index contributed by atoms with van der Waals surface area (Å²) in [7, 11) is -3.21. The van der Waals surface area contributed by atoms with Crippen LogP contribution in [0.1, 0.15) is 23.3 Å². The Morgan fingerprint density at radius 1 is 1.32 bits per heavy atom. The number of amides is 1. The standard InChI is InChI=1S/C15H17NO4S2/c1-10(11-4-3-5-12(17)8-11)15(18)16-9-13-6-7-14(21-13)22(2,19)20/h3-8,10,17H,9H2,1-2H3,(H,16,18). The van der Waals surface area contributed by atoms with Crippen LogP contribution in [0.15, 0.2) is 40.6 Å². The van der Waals surface area contributed by atoms with Crippen LogP contribution < -0.4 is 5.32 Å². The third-order valence-corrected chi connectivity index (χ3v) is 6.11. The molecule has 1 amide bonds. The Bertz CT molecular complexity index is 780. The first-order valence-electron chi connectivity index (χ1n) is 6.63. The normalized spacial score (nSPS) is 12.8. The van der Waals surface area contributed by atoms with Gasteiger partial charge in [-0.1, -0.05) is 12.1 Å². The minimum Gasteiger partial charge on any atom is -0.508 e. The third kappa shape index (κ3) is 4.08. The van der Waals surface area contributed by atoms with Gasteiger partial charge in [0.25, 0.3) is 0 Å². The number of nitrogens with one attached hydrogen (secondary N) is 1. The summed E-state index contributed by atoms with van der Waals surface area (Å²) in [5, 5.41) is 12.2. The minimum absolute atomic E-state index is 0.119. The van der Waals surface area contributed by atoms with Crippen molar-refractivity contribution in [3.05, 3.63) is 46.8 Å². The van der Waals surface area contributed by atoms with Gasteiger partial charge in [-0.05, 0) is 36.8 Å². The molecular weight excluding hydrogens is 322 g/mol. The molecule has 0 aliphatic carbocycles. The van der Waals surface area contributed by atoms with E-state index < -0.39 is 15.8 Å². The van der Waals surface area contributed by atoms with Crippen LogP contribution >= 0.6 is 11.3 Å². The zero-order valence-corrected chi connectivity index (χ0v) is 13.9. The molecule has 0 fully saturated rings. The molecule has 2 rings (SSSR count). The van der Waals surface area contributed by atoms with Gasteiger partial charge in [-0.15, -0.1) is 11.3 Å². The van der Waals surface area contributed by atoms with Gasteiger partial charge in [0.15, 0.2) is 9.84 Å². The van der Waals surface area contributed by atoms with Gasteiger partial charge in [0, 0.05) is 11.1 Å². The molecule has 2 aromatic rings. The molecule has 0 aliphatic rings. The number of aromatic hydroxyl groups is 1. The summed E-state index contributed by atoms with van der Waals surface area (Å²) in [6.07, 6.45) is 1.16. The number of phenols is 1. The molecule has 5 nitrogen and oxygen atoms in total. The Balaban J connectivity index is 1.99. The average Bonchev–Trinajstić information content (AvgIpc) is 2.93. The molecule has 1 atom stereocenters. The van der Waals surface area contributed by atoms with E-state index in [2.05, 4.69) is 5.32 Å². The number of carbonyl (C=O) groups is 1. The monoisotopic (exact) mass is 339 g/mol. The van der Waals surface area contributed by atoms with Gasteiger partial charge in [-0.2, -0.15) is 0 Å². The zero-order chi connectivity index (χ0) is 16.3. The van der Waals surface area contributed by atoms with E-state index in [0.29, 0.717) is 0 Å². The number of hydrogen-bond donors (Lipinski definition) is 2. The Labute approximate surface area is 133 Å². The Hall–Kier alpha value is -1.86. The number of thiophene rings is 1. The predicted molar refractivity (Wildman–Crippen MR) is 85.8 cm³/mol. The summed E-state index contributed by atoms with van der Waals surface area (Å²) in [4.78, 5) is 12.9. The first kappa shape index (κ1) is 16.5. The molecule has 0 spiro atoms. The second-order valence-electron chi connectivity index (χ2n) is 5.03. The highest BCUT2D eigenvalue weighted by Gasteiger charge is 2.16. The SMILES string of the molecule is CC(C(=O)NCc1ccc(S(C)(=O)=O)s1)c1cccc(O)c1. The van der Waals surface area contributed by atoms with Gasteiger partial charge in [0.1, 0.15) is 9.96 Å². The van der Waals surface area contributed by atoms with Gasteiger partial charge in [0.2, 0.25) is 5.91 Å². The Morgan fingerprint density at radius 3 is 2.64 bits per heavy atom. The van der Waals surface area contributed by atoms with Gasteiger partial charge in [0.05, 0.1) is 12.5 Å². The van der Waals surface area contributed by atoms with E-state index in [0.717, 1.165) is 28.0 Å². The van der Waals surface area contributed by atoms with Crippen molar-refractivity contribution in [2.75, 3.05) is 6.26 Å². The lowest BCUT2D eigenvalue weighted by atomic mass is 10.0. The van der Waals surface area contributed by atoms with Crippen LogP contribution in [0.2, 0.25) is 0 Å². The number of benzene rings is 1. The first-order chi connectivity index (χ1) is 10.3. The Kier molecular flexibility index (Phi) is 4.87. The van der Waals surface area contributed by atoms with Crippen LogP contribution in [0.4, 0.5) is 0 Å². The maximum atomic E-state index is 12.1. The average molecular weight is 339 g/mol. The van der Waals surface area contributed by atoms with Crippen LogP contribution in [-0.2, 0) is 21.2 Å². The predicted octanol–water partition coefficient (Wildman–Crippen LogP) is 2.28. The van der Waals surface area contributed by atoms with Crippen LogP contribution in [-0.4, -0.2) is 25.7 Å². The molecule has 1 unspecified atom stereocenters. The molecule has 118 valence electrons. The lowest BCUT2D eigenvalue weighted by Gasteiger charge is -2.12. The minimum atomic E-state index is -3.21. The largest absolute Gasteiger partial charge is 0.508 e. The van der Waals surface area contributed by atoms with Crippen LogP contribution in [0, 0.1) is 0 Å². The lowest BCUT2D eigenvalue weighted by molar-refractivity contribution is -0.122. The van der Waals surface area contributed by atoms with Crippen molar-refractivity contribution < 1.29 is 18.3 Å². The van der Waals surface area contributed by atoms with E-state index in [4.69, 9.17) is 0 Å². The van der Waals surface area contributed by atoms with Crippen molar-refractivity contribution in [1.29, 1.82) is 0 Å². The topological polar surface area (TPSA) is 83.5 Å². The molecule has 0 saturated carbocycles. The first-order valence-corrected chi connectivity index (χ1v) is 9.33. The van der Waals surface area contributed by atoms with Crippen molar-refractivity contribution in [2.45, 2.75) is 23.6 Å². The molecule has 0 radical (unpaired) electrons. The van der Waals surface area contributed by atoms with Gasteiger partial charge >= 0.3 is 0 Å². The summed E-state index contributed by atoms with van der Waals surface area (Å²) in [6.45, 7) is 2.03.